The zero-order valence-corrected chi connectivity index (χ0v) is 17.3. The van der Waals surface area contributed by atoms with Crippen molar-refractivity contribution in [1.29, 1.82) is 0 Å². The number of carbonyl (C=O) groups excluding carboxylic acids is 2. The first-order valence-electron chi connectivity index (χ1n) is 9.48. The molecule has 4 rings (SSSR count). The van der Waals surface area contributed by atoms with Gasteiger partial charge in [-0.2, -0.15) is 0 Å². The van der Waals surface area contributed by atoms with Gasteiger partial charge in [-0.3, -0.25) is 14.2 Å². The number of amides is 1. The molecule has 0 spiro atoms. The standard InChI is InChI=1S/C21H21N3O4S/c1-4-28-21(27)18-13(3)17-19(29-18)22-11-23(20(17)26)10-16(25)24-12(2)9-14-7-5-6-8-15(14)24/h5-8,11-12H,4,9-10H2,1-3H3. The normalized spacial score (nSPS) is 15.6. The summed E-state index contributed by atoms with van der Waals surface area (Å²) in [6.07, 6.45) is 2.17. The smallest absolute Gasteiger partial charge is 0.348 e. The average Bonchev–Trinajstić information content (AvgIpc) is 3.21. The Balaban J connectivity index is 1.68. The molecule has 8 heteroatoms. The van der Waals surface area contributed by atoms with E-state index in [2.05, 4.69) is 4.98 Å². The molecule has 1 amide bonds. The molecular weight excluding hydrogens is 390 g/mol. The average molecular weight is 411 g/mol. The first-order valence-corrected chi connectivity index (χ1v) is 10.3. The number of fused-ring (bicyclic) bond motifs is 2. The van der Waals surface area contributed by atoms with Crippen molar-refractivity contribution >= 4 is 39.1 Å². The zero-order valence-electron chi connectivity index (χ0n) is 16.5. The summed E-state index contributed by atoms with van der Waals surface area (Å²) in [6, 6.07) is 7.84. The number of aryl methyl sites for hydroxylation is 1. The van der Waals surface area contributed by atoms with E-state index >= 15 is 0 Å². The number of para-hydroxylation sites is 1. The Bertz CT molecular complexity index is 1180. The van der Waals surface area contributed by atoms with E-state index in [-0.39, 0.29) is 30.7 Å². The topological polar surface area (TPSA) is 81.5 Å². The number of esters is 1. The third-order valence-electron chi connectivity index (χ3n) is 5.16. The van der Waals surface area contributed by atoms with E-state index in [4.69, 9.17) is 4.74 Å². The van der Waals surface area contributed by atoms with Crippen LogP contribution < -0.4 is 10.5 Å². The first kappa shape index (κ1) is 19.3. The molecule has 150 valence electrons. The highest BCUT2D eigenvalue weighted by atomic mass is 32.1. The Kier molecular flexibility index (Phi) is 4.96. The van der Waals surface area contributed by atoms with Gasteiger partial charge >= 0.3 is 5.97 Å². The van der Waals surface area contributed by atoms with Gasteiger partial charge in [0.1, 0.15) is 16.3 Å². The summed E-state index contributed by atoms with van der Waals surface area (Å²) < 4.78 is 6.37. The van der Waals surface area contributed by atoms with Gasteiger partial charge in [0.05, 0.1) is 18.3 Å². The van der Waals surface area contributed by atoms with Crippen LogP contribution in [0.2, 0.25) is 0 Å². The van der Waals surface area contributed by atoms with Crippen LogP contribution in [0, 0.1) is 6.92 Å². The lowest BCUT2D eigenvalue weighted by molar-refractivity contribution is -0.119. The maximum atomic E-state index is 13.0. The molecule has 0 N–H and O–H groups in total. The molecule has 0 aliphatic carbocycles. The van der Waals surface area contributed by atoms with Gasteiger partial charge < -0.3 is 9.64 Å². The molecule has 0 bridgehead atoms. The van der Waals surface area contributed by atoms with Crippen LogP contribution in [0.3, 0.4) is 0 Å². The lowest BCUT2D eigenvalue weighted by atomic mass is 10.1. The van der Waals surface area contributed by atoms with Crippen molar-refractivity contribution in [3.05, 3.63) is 57.0 Å². The number of hydrogen-bond acceptors (Lipinski definition) is 6. The second kappa shape index (κ2) is 7.44. The lowest BCUT2D eigenvalue weighted by Crippen LogP contribution is -2.40. The van der Waals surface area contributed by atoms with Crippen molar-refractivity contribution in [1.82, 2.24) is 9.55 Å². The quantitative estimate of drug-likeness (QED) is 0.617. The van der Waals surface area contributed by atoms with E-state index in [1.165, 1.54) is 10.9 Å². The van der Waals surface area contributed by atoms with E-state index < -0.39 is 5.97 Å². The fourth-order valence-electron chi connectivity index (χ4n) is 3.83. The van der Waals surface area contributed by atoms with E-state index in [1.807, 2.05) is 31.2 Å². The Morgan fingerprint density at radius 3 is 2.83 bits per heavy atom. The summed E-state index contributed by atoms with van der Waals surface area (Å²) in [7, 11) is 0. The van der Waals surface area contributed by atoms with Crippen LogP contribution >= 0.6 is 11.3 Å². The summed E-state index contributed by atoms with van der Waals surface area (Å²) in [5, 5.41) is 0.364. The number of nitrogens with zero attached hydrogens (tertiary/aromatic N) is 3. The van der Waals surface area contributed by atoms with Crippen molar-refractivity contribution in [3.63, 3.8) is 0 Å². The van der Waals surface area contributed by atoms with Crippen molar-refractivity contribution in [2.24, 2.45) is 0 Å². The Morgan fingerprint density at radius 1 is 1.31 bits per heavy atom. The van der Waals surface area contributed by atoms with E-state index in [0.717, 1.165) is 29.0 Å². The zero-order chi connectivity index (χ0) is 20.7. The fraction of sp³-hybridized carbons (Fsp3) is 0.333. The number of anilines is 1. The van der Waals surface area contributed by atoms with Crippen molar-refractivity contribution in [2.75, 3.05) is 11.5 Å². The largest absolute Gasteiger partial charge is 0.462 e. The van der Waals surface area contributed by atoms with Crippen LogP contribution in [-0.2, 0) is 22.5 Å². The first-order chi connectivity index (χ1) is 13.9. The number of hydrogen-bond donors (Lipinski definition) is 0. The third kappa shape index (κ3) is 3.23. The van der Waals surface area contributed by atoms with Gasteiger partial charge in [0.25, 0.3) is 5.56 Å². The lowest BCUT2D eigenvalue weighted by Gasteiger charge is -2.23. The second-order valence-corrected chi connectivity index (χ2v) is 8.08. The van der Waals surface area contributed by atoms with Crippen LogP contribution in [0.1, 0.15) is 34.6 Å². The van der Waals surface area contributed by atoms with Crippen LogP contribution in [0.5, 0.6) is 0 Å². The Hall–Kier alpha value is -3.00. The molecule has 1 aliphatic rings. The fourth-order valence-corrected chi connectivity index (χ4v) is 4.86. The molecule has 7 nitrogen and oxygen atoms in total. The molecule has 1 atom stereocenters. The molecular formula is C21H21N3O4S. The molecule has 0 saturated heterocycles. The second-order valence-electron chi connectivity index (χ2n) is 7.08. The molecule has 3 heterocycles. The summed E-state index contributed by atoms with van der Waals surface area (Å²) in [5.41, 5.74) is 2.24. The van der Waals surface area contributed by atoms with Crippen LogP contribution in [0.15, 0.2) is 35.4 Å². The molecule has 1 unspecified atom stereocenters. The number of thiophene rings is 1. The van der Waals surface area contributed by atoms with Gasteiger partial charge in [-0.15, -0.1) is 11.3 Å². The minimum Gasteiger partial charge on any atom is -0.462 e. The van der Waals surface area contributed by atoms with E-state index in [9.17, 15) is 14.4 Å². The van der Waals surface area contributed by atoms with Gasteiger partial charge in [0, 0.05) is 11.7 Å². The highest BCUT2D eigenvalue weighted by Gasteiger charge is 2.31. The van der Waals surface area contributed by atoms with Gasteiger partial charge in [0.15, 0.2) is 0 Å². The van der Waals surface area contributed by atoms with Gasteiger partial charge in [-0.05, 0) is 44.4 Å². The van der Waals surface area contributed by atoms with Gasteiger partial charge in [-0.25, -0.2) is 9.78 Å². The Morgan fingerprint density at radius 2 is 2.07 bits per heavy atom. The third-order valence-corrected chi connectivity index (χ3v) is 6.34. The number of carbonyl (C=O) groups is 2. The predicted octanol–water partition coefficient (Wildman–Crippen LogP) is 2.92. The minimum absolute atomic E-state index is 0.0330. The number of benzene rings is 1. The highest BCUT2D eigenvalue weighted by molar-refractivity contribution is 7.20. The van der Waals surface area contributed by atoms with Crippen LogP contribution in [0.25, 0.3) is 10.2 Å². The molecule has 0 saturated carbocycles. The molecule has 29 heavy (non-hydrogen) atoms. The maximum Gasteiger partial charge on any atom is 0.348 e. The van der Waals surface area contributed by atoms with Gasteiger partial charge in [0.2, 0.25) is 5.91 Å². The van der Waals surface area contributed by atoms with Crippen LogP contribution in [0.4, 0.5) is 5.69 Å². The summed E-state index contributed by atoms with van der Waals surface area (Å²) in [6.45, 7) is 5.59. The van der Waals surface area contributed by atoms with Gasteiger partial charge in [-0.1, -0.05) is 18.2 Å². The molecule has 2 aromatic heterocycles. The number of aromatic nitrogens is 2. The molecule has 3 aromatic rings. The molecule has 0 radical (unpaired) electrons. The van der Waals surface area contributed by atoms with Crippen molar-refractivity contribution in [3.8, 4) is 0 Å². The monoisotopic (exact) mass is 411 g/mol. The SMILES string of the molecule is CCOC(=O)c1sc2ncn(CC(=O)N3c4ccccc4CC3C)c(=O)c2c1C. The summed E-state index contributed by atoms with van der Waals surface area (Å²) >= 11 is 1.14. The summed E-state index contributed by atoms with van der Waals surface area (Å²) in [5.74, 6) is -0.623. The van der Waals surface area contributed by atoms with Crippen LogP contribution in [-0.4, -0.2) is 34.1 Å². The predicted molar refractivity (Wildman–Crippen MR) is 112 cm³/mol. The molecule has 0 fully saturated rings. The maximum absolute atomic E-state index is 13.0. The minimum atomic E-state index is -0.461. The number of rotatable bonds is 4. The number of ether oxygens (including phenoxy) is 1. The highest BCUT2D eigenvalue weighted by Crippen LogP contribution is 2.32. The molecule has 1 aromatic carbocycles. The van der Waals surface area contributed by atoms with E-state index in [1.54, 1.807) is 18.7 Å². The van der Waals surface area contributed by atoms with Crippen molar-refractivity contribution < 1.29 is 14.3 Å². The van der Waals surface area contributed by atoms with Crippen molar-refractivity contribution in [2.45, 2.75) is 39.8 Å². The van der Waals surface area contributed by atoms with E-state index in [0.29, 0.717) is 20.7 Å². The summed E-state index contributed by atoms with van der Waals surface area (Å²) in [4.78, 5) is 45.1. The molecule has 1 aliphatic heterocycles. The Labute approximate surface area is 171 Å².